The van der Waals surface area contributed by atoms with Gasteiger partial charge in [0.1, 0.15) is 11.9 Å². The van der Waals surface area contributed by atoms with Gasteiger partial charge in [0.25, 0.3) is 0 Å². The maximum atomic E-state index is 13.0. The van der Waals surface area contributed by atoms with Gasteiger partial charge in [-0.15, -0.1) is 0 Å². The Morgan fingerprint density at radius 1 is 1.08 bits per heavy atom. The Hall–Kier alpha value is -2.11. The van der Waals surface area contributed by atoms with Gasteiger partial charge in [-0.1, -0.05) is 12.1 Å². The minimum Gasteiger partial charge on any atom is -0.351 e. The number of hydrogen-bond acceptors (Lipinski definition) is 2. The molecule has 0 aliphatic carbocycles. The summed E-state index contributed by atoms with van der Waals surface area (Å²) in [5.41, 5.74) is 6.50. The zero-order valence-corrected chi connectivity index (χ0v) is 13.8. The molecule has 3 amide bonds. The second-order valence-electron chi connectivity index (χ2n) is 6.79. The number of rotatable bonds is 3. The van der Waals surface area contributed by atoms with Crippen LogP contribution in [-0.2, 0) is 11.2 Å². The molecule has 0 radical (unpaired) electrons. The monoisotopic (exact) mass is 333 g/mol. The first-order valence-corrected chi connectivity index (χ1v) is 8.64. The van der Waals surface area contributed by atoms with E-state index < -0.39 is 6.03 Å². The van der Waals surface area contributed by atoms with Gasteiger partial charge in [-0.25, -0.2) is 9.18 Å². The van der Waals surface area contributed by atoms with Crippen LogP contribution < -0.4 is 5.73 Å². The second-order valence-corrected chi connectivity index (χ2v) is 6.79. The van der Waals surface area contributed by atoms with E-state index in [4.69, 9.17) is 5.73 Å². The first kappa shape index (κ1) is 16.7. The van der Waals surface area contributed by atoms with E-state index in [0.29, 0.717) is 32.0 Å². The van der Waals surface area contributed by atoms with Crippen LogP contribution in [0.1, 0.15) is 31.2 Å². The lowest BCUT2D eigenvalue weighted by molar-refractivity contribution is -0.136. The molecule has 2 aliphatic rings. The van der Waals surface area contributed by atoms with Crippen LogP contribution in [0.2, 0.25) is 0 Å². The van der Waals surface area contributed by atoms with E-state index in [0.717, 1.165) is 31.2 Å². The van der Waals surface area contributed by atoms with Gasteiger partial charge in [0.15, 0.2) is 0 Å². The number of carbonyl (C=O) groups is 2. The molecular weight excluding hydrogens is 309 g/mol. The molecule has 3 rings (SSSR count). The van der Waals surface area contributed by atoms with Crippen molar-refractivity contribution in [3.63, 3.8) is 0 Å². The lowest BCUT2D eigenvalue weighted by Gasteiger charge is -2.35. The molecule has 0 aromatic heterocycles. The summed E-state index contributed by atoms with van der Waals surface area (Å²) in [4.78, 5) is 27.4. The standard InChI is InChI=1S/C18H24FN3O2/c19-15-5-3-13(4-6-15)12-14-7-10-21(11-8-14)17(23)16-2-1-9-22(16)18(20)24/h3-6,14,16H,1-2,7-12H2,(H2,20,24). The van der Waals surface area contributed by atoms with Crippen molar-refractivity contribution >= 4 is 11.9 Å². The summed E-state index contributed by atoms with van der Waals surface area (Å²) in [5.74, 6) is 0.330. The van der Waals surface area contributed by atoms with E-state index in [2.05, 4.69) is 0 Å². The number of amides is 3. The minimum absolute atomic E-state index is 0.0338. The lowest BCUT2D eigenvalue weighted by Crippen LogP contribution is -2.51. The van der Waals surface area contributed by atoms with Crippen molar-refractivity contribution in [2.24, 2.45) is 11.7 Å². The number of nitrogens with two attached hydrogens (primary N) is 1. The number of primary amides is 1. The average Bonchev–Trinajstić information content (AvgIpc) is 3.07. The third-order valence-electron chi connectivity index (χ3n) is 5.18. The molecule has 2 fully saturated rings. The molecule has 1 aromatic rings. The molecule has 2 saturated heterocycles. The zero-order valence-electron chi connectivity index (χ0n) is 13.8. The molecule has 6 heteroatoms. The van der Waals surface area contributed by atoms with Crippen LogP contribution in [0.5, 0.6) is 0 Å². The summed E-state index contributed by atoms with van der Waals surface area (Å²) < 4.78 is 13.0. The smallest absolute Gasteiger partial charge is 0.315 e. The maximum Gasteiger partial charge on any atom is 0.315 e. The molecule has 0 saturated carbocycles. The van der Waals surface area contributed by atoms with Crippen LogP contribution in [0.3, 0.4) is 0 Å². The van der Waals surface area contributed by atoms with Crippen molar-refractivity contribution in [1.29, 1.82) is 0 Å². The van der Waals surface area contributed by atoms with Gasteiger partial charge < -0.3 is 15.5 Å². The van der Waals surface area contributed by atoms with E-state index in [1.165, 1.54) is 17.0 Å². The fourth-order valence-electron chi connectivity index (χ4n) is 3.81. The Bertz CT molecular complexity index is 597. The van der Waals surface area contributed by atoms with Crippen molar-refractivity contribution in [1.82, 2.24) is 9.80 Å². The molecule has 0 spiro atoms. The summed E-state index contributed by atoms with van der Waals surface area (Å²) in [7, 11) is 0. The zero-order chi connectivity index (χ0) is 17.1. The quantitative estimate of drug-likeness (QED) is 0.921. The summed E-state index contributed by atoms with van der Waals surface area (Å²) in [5, 5.41) is 0. The molecule has 2 heterocycles. The summed E-state index contributed by atoms with van der Waals surface area (Å²) in [6.07, 6.45) is 4.33. The van der Waals surface area contributed by atoms with Crippen molar-refractivity contribution in [3.05, 3.63) is 35.6 Å². The number of nitrogens with zero attached hydrogens (tertiary/aromatic N) is 2. The number of benzene rings is 1. The fraction of sp³-hybridized carbons (Fsp3) is 0.556. The van der Waals surface area contributed by atoms with Crippen LogP contribution in [0.15, 0.2) is 24.3 Å². The lowest BCUT2D eigenvalue weighted by atomic mass is 9.90. The number of carbonyl (C=O) groups excluding carboxylic acids is 2. The maximum absolute atomic E-state index is 13.0. The predicted molar refractivity (Wildman–Crippen MR) is 88.7 cm³/mol. The van der Waals surface area contributed by atoms with Crippen LogP contribution >= 0.6 is 0 Å². The highest BCUT2D eigenvalue weighted by molar-refractivity contribution is 5.87. The first-order valence-electron chi connectivity index (χ1n) is 8.64. The van der Waals surface area contributed by atoms with Crippen molar-refractivity contribution in [3.8, 4) is 0 Å². The third kappa shape index (κ3) is 3.68. The van der Waals surface area contributed by atoms with Gasteiger partial charge >= 0.3 is 6.03 Å². The topological polar surface area (TPSA) is 66.6 Å². The van der Waals surface area contributed by atoms with E-state index in [9.17, 15) is 14.0 Å². The Labute approximate surface area is 141 Å². The molecule has 1 aromatic carbocycles. The van der Waals surface area contributed by atoms with Gasteiger partial charge in [0.05, 0.1) is 0 Å². The highest BCUT2D eigenvalue weighted by atomic mass is 19.1. The van der Waals surface area contributed by atoms with Gasteiger partial charge in [-0.05, 0) is 55.7 Å². The van der Waals surface area contributed by atoms with Gasteiger partial charge in [0.2, 0.25) is 5.91 Å². The summed E-state index contributed by atoms with van der Waals surface area (Å²) in [6, 6.07) is 5.76. The highest BCUT2D eigenvalue weighted by Gasteiger charge is 2.36. The fourth-order valence-corrected chi connectivity index (χ4v) is 3.81. The van der Waals surface area contributed by atoms with Crippen LogP contribution in [-0.4, -0.2) is 47.4 Å². The molecule has 2 N–H and O–H groups in total. The summed E-state index contributed by atoms with van der Waals surface area (Å²) in [6.45, 7) is 2.01. The molecule has 130 valence electrons. The Morgan fingerprint density at radius 2 is 1.75 bits per heavy atom. The number of likely N-dealkylation sites (tertiary alicyclic amines) is 2. The second kappa shape index (κ2) is 7.20. The van der Waals surface area contributed by atoms with E-state index in [1.54, 1.807) is 0 Å². The third-order valence-corrected chi connectivity index (χ3v) is 5.18. The van der Waals surface area contributed by atoms with Crippen molar-refractivity contribution in [2.45, 2.75) is 38.1 Å². The highest BCUT2D eigenvalue weighted by Crippen LogP contribution is 2.25. The van der Waals surface area contributed by atoms with E-state index in [-0.39, 0.29) is 17.8 Å². The number of piperidine rings is 1. The van der Waals surface area contributed by atoms with Crippen molar-refractivity contribution in [2.75, 3.05) is 19.6 Å². The van der Waals surface area contributed by atoms with Gasteiger partial charge in [-0.3, -0.25) is 4.79 Å². The Kier molecular flexibility index (Phi) is 5.02. The normalized spacial score (nSPS) is 22.0. The van der Waals surface area contributed by atoms with Crippen LogP contribution in [0, 0.1) is 11.7 Å². The molecule has 1 unspecified atom stereocenters. The van der Waals surface area contributed by atoms with Gasteiger partial charge in [-0.2, -0.15) is 0 Å². The Morgan fingerprint density at radius 3 is 2.38 bits per heavy atom. The molecular formula is C18H24FN3O2. The molecule has 24 heavy (non-hydrogen) atoms. The molecule has 5 nitrogen and oxygen atoms in total. The minimum atomic E-state index is -0.503. The molecule has 2 aliphatic heterocycles. The van der Waals surface area contributed by atoms with E-state index in [1.807, 2.05) is 17.0 Å². The SMILES string of the molecule is NC(=O)N1CCCC1C(=O)N1CCC(Cc2ccc(F)cc2)CC1. The van der Waals surface area contributed by atoms with Crippen LogP contribution in [0.25, 0.3) is 0 Å². The largest absolute Gasteiger partial charge is 0.351 e. The number of hydrogen-bond donors (Lipinski definition) is 1. The number of urea groups is 1. The number of halogens is 1. The molecule has 0 bridgehead atoms. The summed E-state index contributed by atoms with van der Waals surface area (Å²) >= 11 is 0. The van der Waals surface area contributed by atoms with E-state index >= 15 is 0 Å². The first-order chi connectivity index (χ1) is 11.5. The van der Waals surface area contributed by atoms with Crippen LogP contribution in [0.4, 0.5) is 9.18 Å². The molecule has 1 atom stereocenters. The predicted octanol–water partition coefficient (Wildman–Crippen LogP) is 2.15. The van der Waals surface area contributed by atoms with Crippen molar-refractivity contribution < 1.29 is 14.0 Å². The van der Waals surface area contributed by atoms with Gasteiger partial charge in [0, 0.05) is 19.6 Å². The average molecular weight is 333 g/mol. The Balaban J connectivity index is 1.52.